The van der Waals surface area contributed by atoms with Gasteiger partial charge in [0, 0.05) is 16.5 Å². The largest absolute Gasteiger partial charge is 0.508 e. The summed E-state index contributed by atoms with van der Waals surface area (Å²) in [5.41, 5.74) is 11.9. The Labute approximate surface area is 162 Å². The molecule has 0 saturated heterocycles. The smallest absolute Gasteiger partial charge is 0.434 e. The number of aromatic nitrogens is 2. The number of nitrogens with zero attached hydrogens (tertiary/aromatic N) is 2. The van der Waals surface area contributed by atoms with Gasteiger partial charge in [0.2, 0.25) is 0 Å². The number of ether oxygens (including phenoxy) is 1. The van der Waals surface area contributed by atoms with Crippen LogP contribution in [0, 0.1) is 13.8 Å². The van der Waals surface area contributed by atoms with E-state index in [1.165, 1.54) is 10.6 Å². The number of hydrogen-bond acceptors (Lipinski definition) is 5. The number of anilines is 1. The predicted molar refractivity (Wildman–Crippen MR) is 98.6 cm³/mol. The zero-order chi connectivity index (χ0) is 21.2. The van der Waals surface area contributed by atoms with Gasteiger partial charge in [-0.15, -0.1) is 0 Å². The number of primary amides is 1. The number of aromatic hydroxyl groups is 1. The predicted octanol–water partition coefficient (Wildman–Crippen LogP) is 3.08. The second-order valence-electron chi connectivity index (χ2n) is 6.93. The first-order valence-corrected chi connectivity index (χ1v) is 8.64. The molecule has 0 atom stereocenters. The van der Waals surface area contributed by atoms with Crippen molar-refractivity contribution in [3.8, 4) is 11.4 Å². The fourth-order valence-electron chi connectivity index (χ4n) is 3.88. The van der Waals surface area contributed by atoms with E-state index in [1.807, 2.05) is 0 Å². The number of fused-ring (bicyclic) bond motifs is 3. The highest BCUT2D eigenvalue weighted by atomic mass is 19.4. The van der Waals surface area contributed by atoms with E-state index in [1.54, 1.807) is 19.9 Å². The van der Waals surface area contributed by atoms with Crippen LogP contribution in [0.1, 0.15) is 38.4 Å². The number of nitrogen functional groups attached to an aromatic ring is 1. The van der Waals surface area contributed by atoms with Gasteiger partial charge in [-0.3, -0.25) is 9.36 Å². The molecule has 3 heterocycles. The number of benzene rings is 1. The van der Waals surface area contributed by atoms with Crippen molar-refractivity contribution in [2.75, 3.05) is 5.73 Å². The van der Waals surface area contributed by atoms with E-state index in [0.717, 1.165) is 0 Å². The molecule has 4 rings (SSSR count). The number of carbonyl (C=O) groups excluding carboxylic acids is 1. The molecule has 5 N–H and O–H groups in total. The van der Waals surface area contributed by atoms with Gasteiger partial charge in [0.1, 0.15) is 11.6 Å². The summed E-state index contributed by atoms with van der Waals surface area (Å²) in [5.74, 6) is -1.42. The molecule has 1 aliphatic rings. The third-order valence-corrected chi connectivity index (χ3v) is 5.15. The van der Waals surface area contributed by atoms with E-state index in [9.17, 15) is 23.1 Å². The number of phenols is 1. The van der Waals surface area contributed by atoms with Gasteiger partial charge in [0.25, 0.3) is 5.91 Å². The lowest BCUT2D eigenvalue weighted by molar-refractivity contribution is -0.139. The Balaban J connectivity index is 2.30. The molecule has 0 radical (unpaired) electrons. The van der Waals surface area contributed by atoms with E-state index in [0.29, 0.717) is 22.4 Å². The molecule has 152 valence electrons. The van der Waals surface area contributed by atoms with Crippen LogP contribution in [-0.2, 0) is 24.1 Å². The first-order valence-electron chi connectivity index (χ1n) is 8.64. The van der Waals surface area contributed by atoms with Gasteiger partial charge in [0.15, 0.2) is 5.69 Å². The topological polar surface area (TPSA) is 116 Å². The van der Waals surface area contributed by atoms with Gasteiger partial charge in [-0.1, -0.05) is 6.07 Å². The highest BCUT2D eigenvalue weighted by Gasteiger charge is 2.41. The van der Waals surface area contributed by atoms with Gasteiger partial charge in [-0.25, -0.2) is 4.98 Å². The average Bonchev–Trinajstić information content (AvgIpc) is 3.19. The molecular formula is C19H17F3N4O3. The summed E-state index contributed by atoms with van der Waals surface area (Å²) >= 11 is 0. The number of phenolic OH excluding ortho intramolecular Hbond substituents is 1. The molecule has 0 spiro atoms. The number of amides is 1. The molecule has 0 saturated carbocycles. The maximum absolute atomic E-state index is 13.9. The van der Waals surface area contributed by atoms with Crippen LogP contribution in [0.15, 0.2) is 12.1 Å². The van der Waals surface area contributed by atoms with Crippen molar-refractivity contribution < 1.29 is 27.8 Å². The number of carbonyl (C=O) groups is 1. The van der Waals surface area contributed by atoms with Crippen molar-refractivity contribution in [3.63, 3.8) is 0 Å². The van der Waals surface area contributed by atoms with Crippen molar-refractivity contribution in [2.24, 2.45) is 5.73 Å². The van der Waals surface area contributed by atoms with Crippen molar-refractivity contribution in [1.82, 2.24) is 9.55 Å². The molecule has 1 aromatic carbocycles. The highest BCUT2D eigenvalue weighted by Crippen LogP contribution is 2.44. The van der Waals surface area contributed by atoms with Crippen LogP contribution in [0.25, 0.3) is 16.6 Å². The molecular weight excluding hydrogens is 389 g/mol. The van der Waals surface area contributed by atoms with Crippen molar-refractivity contribution >= 4 is 22.6 Å². The van der Waals surface area contributed by atoms with Crippen LogP contribution in [0.3, 0.4) is 0 Å². The first-order chi connectivity index (χ1) is 13.5. The van der Waals surface area contributed by atoms with E-state index in [-0.39, 0.29) is 36.0 Å². The second kappa shape index (κ2) is 6.11. The Morgan fingerprint density at radius 2 is 1.97 bits per heavy atom. The Kier molecular flexibility index (Phi) is 4.02. The normalized spacial score (nSPS) is 13.8. The average molecular weight is 406 g/mol. The summed E-state index contributed by atoms with van der Waals surface area (Å²) < 4.78 is 48.2. The molecule has 10 heteroatoms. The molecule has 0 aliphatic carbocycles. The third-order valence-electron chi connectivity index (χ3n) is 5.15. The van der Waals surface area contributed by atoms with Crippen LogP contribution < -0.4 is 11.5 Å². The van der Waals surface area contributed by atoms with Crippen LogP contribution >= 0.6 is 0 Å². The monoisotopic (exact) mass is 406 g/mol. The number of nitrogens with two attached hydrogens (primary N) is 2. The number of rotatable bonds is 2. The molecule has 1 amide bonds. The summed E-state index contributed by atoms with van der Waals surface area (Å²) in [6, 6.07) is 3.08. The highest BCUT2D eigenvalue weighted by molar-refractivity contribution is 6.13. The van der Waals surface area contributed by atoms with Gasteiger partial charge in [0.05, 0.1) is 35.7 Å². The quantitative estimate of drug-likeness (QED) is 0.605. The summed E-state index contributed by atoms with van der Waals surface area (Å²) in [6.45, 7) is 3.24. The number of alkyl halides is 3. The molecule has 3 aromatic rings. The standard InChI is InChI=1S/C19H17F3N4O3/c1-7-3-4-11(27)8(2)14(7)26-15-9-5-29-6-10(9)25-16(19(20,21)22)12(15)13(17(26)23)18(24)28/h3-4,27H,5-6,23H2,1-2H3,(H2,24,28). The zero-order valence-corrected chi connectivity index (χ0v) is 15.5. The van der Waals surface area contributed by atoms with Gasteiger partial charge < -0.3 is 21.3 Å². The summed E-state index contributed by atoms with van der Waals surface area (Å²) in [6.07, 6.45) is -4.85. The number of pyridine rings is 1. The van der Waals surface area contributed by atoms with Crippen molar-refractivity contribution in [1.29, 1.82) is 0 Å². The minimum Gasteiger partial charge on any atom is -0.508 e. The van der Waals surface area contributed by atoms with Crippen molar-refractivity contribution in [3.05, 3.63) is 45.8 Å². The number of halogens is 3. The molecule has 0 bridgehead atoms. The third kappa shape index (κ3) is 2.63. The van der Waals surface area contributed by atoms with Gasteiger partial charge >= 0.3 is 6.18 Å². The Bertz CT molecular complexity index is 1200. The maximum atomic E-state index is 13.9. The van der Waals surface area contributed by atoms with Crippen LogP contribution in [0.4, 0.5) is 19.0 Å². The minimum absolute atomic E-state index is 0.00946. The zero-order valence-electron chi connectivity index (χ0n) is 15.5. The molecule has 0 fully saturated rings. The fraction of sp³-hybridized carbons (Fsp3) is 0.263. The SMILES string of the molecule is Cc1ccc(O)c(C)c1-n1c(N)c(C(N)=O)c2c(C(F)(F)F)nc3c(c21)COC3. The Morgan fingerprint density at radius 1 is 1.28 bits per heavy atom. The molecule has 29 heavy (non-hydrogen) atoms. The number of aryl methyl sites for hydroxylation is 1. The molecule has 1 aliphatic heterocycles. The van der Waals surface area contributed by atoms with Crippen LogP contribution in [-0.4, -0.2) is 20.6 Å². The second-order valence-corrected chi connectivity index (χ2v) is 6.93. The van der Waals surface area contributed by atoms with E-state index >= 15 is 0 Å². The lowest BCUT2D eigenvalue weighted by Gasteiger charge is -2.17. The van der Waals surface area contributed by atoms with E-state index in [2.05, 4.69) is 4.98 Å². The fourth-order valence-corrected chi connectivity index (χ4v) is 3.88. The molecule has 0 unspecified atom stereocenters. The Hall–Kier alpha value is -3.27. The van der Waals surface area contributed by atoms with Crippen LogP contribution in [0.2, 0.25) is 0 Å². The Morgan fingerprint density at radius 3 is 2.59 bits per heavy atom. The molecule has 7 nitrogen and oxygen atoms in total. The van der Waals surface area contributed by atoms with Gasteiger partial charge in [-0.2, -0.15) is 13.2 Å². The van der Waals surface area contributed by atoms with Gasteiger partial charge in [-0.05, 0) is 25.5 Å². The lowest BCUT2D eigenvalue weighted by Crippen LogP contribution is -2.16. The minimum atomic E-state index is -4.85. The molecule has 2 aromatic heterocycles. The number of hydrogen-bond donors (Lipinski definition) is 3. The van der Waals surface area contributed by atoms with E-state index < -0.39 is 28.7 Å². The van der Waals surface area contributed by atoms with E-state index in [4.69, 9.17) is 16.2 Å². The van der Waals surface area contributed by atoms with Crippen molar-refractivity contribution in [2.45, 2.75) is 33.2 Å². The lowest BCUT2D eigenvalue weighted by atomic mass is 10.0. The van der Waals surface area contributed by atoms with Crippen LogP contribution in [0.5, 0.6) is 5.75 Å². The first kappa shape index (κ1) is 19.1. The maximum Gasteiger partial charge on any atom is 0.434 e. The summed E-state index contributed by atoms with van der Waals surface area (Å²) in [4.78, 5) is 15.9. The summed E-state index contributed by atoms with van der Waals surface area (Å²) in [7, 11) is 0. The summed E-state index contributed by atoms with van der Waals surface area (Å²) in [5, 5.41) is 9.72.